The maximum atomic E-state index is 5.10. The first kappa shape index (κ1) is 11.0. The van der Waals surface area contributed by atoms with E-state index >= 15 is 0 Å². The summed E-state index contributed by atoms with van der Waals surface area (Å²) in [6, 6.07) is 0.615. The number of ether oxygens (including phenoxy) is 1. The van der Waals surface area contributed by atoms with Crippen LogP contribution in [0.1, 0.15) is 20.3 Å². The first-order valence-corrected chi connectivity index (χ1v) is 5.04. The van der Waals surface area contributed by atoms with E-state index < -0.39 is 0 Å². The van der Waals surface area contributed by atoms with Crippen molar-refractivity contribution in [2.45, 2.75) is 31.8 Å². The molecule has 78 valence electrons. The van der Waals surface area contributed by atoms with Crippen LogP contribution in [0.2, 0.25) is 0 Å². The summed E-state index contributed by atoms with van der Waals surface area (Å²) in [5, 5.41) is 3.38. The fraction of sp³-hybridized carbons (Fsp3) is 1.00. The molecule has 1 unspecified atom stereocenters. The maximum absolute atomic E-state index is 5.10. The van der Waals surface area contributed by atoms with Gasteiger partial charge < -0.3 is 10.1 Å². The highest BCUT2D eigenvalue weighted by atomic mass is 16.5. The Kier molecular flexibility index (Phi) is 3.71. The Hall–Kier alpha value is -0.120. The highest BCUT2D eigenvalue weighted by molar-refractivity contribution is 4.99. The van der Waals surface area contributed by atoms with Gasteiger partial charge in [0.1, 0.15) is 0 Å². The van der Waals surface area contributed by atoms with Gasteiger partial charge in [-0.2, -0.15) is 0 Å². The number of hydrogen-bond acceptors (Lipinski definition) is 3. The maximum Gasteiger partial charge on any atom is 0.0589 e. The van der Waals surface area contributed by atoms with Gasteiger partial charge in [0.25, 0.3) is 0 Å². The lowest BCUT2D eigenvalue weighted by atomic mass is 9.96. The standard InChI is InChI=1S/C10H22N2O/c1-10(2)9(11-3)5-6-12(10)7-8-13-4/h9,11H,5-8H2,1-4H3. The van der Waals surface area contributed by atoms with Gasteiger partial charge in [0.2, 0.25) is 0 Å². The second-order valence-corrected chi connectivity index (χ2v) is 4.26. The molecule has 0 aromatic carbocycles. The van der Waals surface area contributed by atoms with E-state index in [1.54, 1.807) is 7.11 Å². The highest BCUT2D eigenvalue weighted by Gasteiger charge is 2.39. The van der Waals surface area contributed by atoms with Gasteiger partial charge in [0.05, 0.1) is 6.61 Å². The third-order valence-corrected chi connectivity index (χ3v) is 3.27. The zero-order valence-corrected chi connectivity index (χ0v) is 9.26. The van der Waals surface area contributed by atoms with E-state index in [1.807, 2.05) is 7.05 Å². The highest BCUT2D eigenvalue weighted by Crippen LogP contribution is 2.27. The number of hydrogen-bond donors (Lipinski definition) is 1. The van der Waals surface area contributed by atoms with Gasteiger partial charge in [-0.1, -0.05) is 0 Å². The van der Waals surface area contributed by atoms with Crippen molar-refractivity contribution in [1.82, 2.24) is 10.2 Å². The molecule has 0 aliphatic carbocycles. The average molecular weight is 186 g/mol. The summed E-state index contributed by atoms with van der Waals surface area (Å²) >= 11 is 0. The number of methoxy groups -OCH3 is 1. The third-order valence-electron chi connectivity index (χ3n) is 3.27. The van der Waals surface area contributed by atoms with Crippen molar-refractivity contribution in [3.63, 3.8) is 0 Å². The number of rotatable bonds is 4. The normalized spacial score (nSPS) is 28.2. The molecule has 0 aromatic rings. The SMILES string of the molecule is CNC1CCN(CCOC)C1(C)C. The van der Waals surface area contributed by atoms with Crippen molar-refractivity contribution >= 4 is 0 Å². The molecule has 3 heteroatoms. The first-order valence-electron chi connectivity index (χ1n) is 5.04. The number of nitrogens with zero attached hydrogens (tertiary/aromatic N) is 1. The lowest BCUT2D eigenvalue weighted by molar-refractivity contribution is 0.100. The first-order chi connectivity index (χ1) is 6.12. The second-order valence-electron chi connectivity index (χ2n) is 4.26. The van der Waals surface area contributed by atoms with Crippen LogP contribution in [-0.2, 0) is 4.74 Å². The van der Waals surface area contributed by atoms with Gasteiger partial charge in [-0.15, -0.1) is 0 Å². The van der Waals surface area contributed by atoms with Gasteiger partial charge in [0, 0.05) is 31.8 Å². The van der Waals surface area contributed by atoms with E-state index in [0.717, 1.165) is 13.2 Å². The minimum atomic E-state index is 0.271. The van der Waals surface area contributed by atoms with Gasteiger partial charge in [-0.05, 0) is 27.3 Å². The number of likely N-dealkylation sites (tertiary alicyclic amines) is 1. The minimum Gasteiger partial charge on any atom is -0.383 e. The molecule has 0 bridgehead atoms. The molecule has 1 saturated heterocycles. The summed E-state index contributed by atoms with van der Waals surface area (Å²) in [6.07, 6.45) is 1.24. The number of nitrogens with one attached hydrogen (secondary N) is 1. The molecule has 1 rings (SSSR count). The lowest BCUT2D eigenvalue weighted by Gasteiger charge is -2.35. The van der Waals surface area contributed by atoms with E-state index in [2.05, 4.69) is 24.1 Å². The third kappa shape index (κ3) is 2.22. The summed E-state index contributed by atoms with van der Waals surface area (Å²) in [5.74, 6) is 0. The fourth-order valence-corrected chi connectivity index (χ4v) is 2.25. The fourth-order valence-electron chi connectivity index (χ4n) is 2.25. The van der Waals surface area contributed by atoms with Crippen LogP contribution in [0.3, 0.4) is 0 Å². The Labute approximate surface area is 81.4 Å². The summed E-state index contributed by atoms with van der Waals surface area (Å²) in [5.41, 5.74) is 0.271. The van der Waals surface area contributed by atoms with Crippen LogP contribution in [0.25, 0.3) is 0 Å². The van der Waals surface area contributed by atoms with Crippen LogP contribution >= 0.6 is 0 Å². The minimum absolute atomic E-state index is 0.271. The molecule has 1 fully saturated rings. The van der Waals surface area contributed by atoms with Crippen LogP contribution in [0.4, 0.5) is 0 Å². The zero-order chi connectivity index (χ0) is 9.90. The van der Waals surface area contributed by atoms with Gasteiger partial charge in [-0.25, -0.2) is 0 Å². The van der Waals surface area contributed by atoms with Gasteiger partial charge in [0.15, 0.2) is 0 Å². The van der Waals surface area contributed by atoms with Crippen molar-refractivity contribution < 1.29 is 4.74 Å². The van der Waals surface area contributed by atoms with Crippen LogP contribution in [0.5, 0.6) is 0 Å². The summed E-state index contributed by atoms with van der Waals surface area (Å²) in [7, 11) is 3.81. The molecule has 0 radical (unpaired) electrons. The smallest absolute Gasteiger partial charge is 0.0589 e. The van der Waals surface area contributed by atoms with Crippen LogP contribution in [0, 0.1) is 0 Å². The van der Waals surface area contributed by atoms with E-state index in [9.17, 15) is 0 Å². The van der Waals surface area contributed by atoms with E-state index in [4.69, 9.17) is 4.74 Å². The molecule has 1 aliphatic rings. The van der Waals surface area contributed by atoms with Crippen LogP contribution in [0.15, 0.2) is 0 Å². The molecule has 13 heavy (non-hydrogen) atoms. The predicted molar refractivity (Wildman–Crippen MR) is 55.0 cm³/mol. The molecule has 1 aliphatic heterocycles. The Bertz CT molecular complexity index is 159. The van der Waals surface area contributed by atoms with Crippen molar-refractivity contribution in [3.05, 3.63) is 0 Å². The summed E-state index contributed by atoms with van der Waals surface area (Å²) in [4.78, 5) is 2.50. The zero-order valence-electron chi connectivity index (χ0n) is 9.26. The molecule has 1 atom stereocenters. The van der Waals surface area contributed by atoms with Crippen molar-refractivity contribution in [2.75, 3.05) is 33.9 Å². The van der Waals surface area contributed by atoms with Crippen LogP contribution < -0.4 is 5.32 Å². The second kappa shape index (κ2) is 4.40. The number of likely N-dealkylation sites (N-methyl/N-ethyl adjacent to an activating group) is 1. The summed E-state index contributed by atoms with van der Waals surface area (Å²) < 4.78 is 5.10. The quantitative estimate of drug-likeness (QED) is 0.699. The average Bonchev–Trinajstić information content (AvgIpc) is 2.37. The van der Waals surface area contributed by atoms with E-state index in [-0.39, 0.29) is 5.54 Å². The van der Waals surface area contributed by atoms with Crippen LogP contribution in [-0.4, -0.2) is 50.3 Å². The Balaban J connectivity index is 2.48. The van der Waals surface area contributed by atoms with Gasteiger partial charge >= 0.3 is 0 Å². The molecule has 3 nitrogen and oxygen atoms in total. The Morgan fingerprint density at radius 1 is 1.54 bits per heavy atom. The molecular formula is C10H22N2O. The molecule has 0 spiro atoms. The summed E-state index contributed by atoms with van der Waals surface area (Å²) in [6.45, 7) is 7.66. The van der Waals surface area contributed by atoms with E-state index in [0.29, 0.717) is 6.04 Å². The lowest BCUT2D eigenvalue weighted by Crippen LogP contribution is -2.50. The Morgan fingerprint density at radius 2 is 2.23 bits per heavy atom. The molecule has 0 amide bonds. The molecular weight excluding hydrogens is 164 g/mol. The topological polar surface area (TPSA) is 24.5 Å². The molecule has 0 saturated carbocycles. The van der Waals surface area contributed by atoms with Crippen molar-refractivity contribution in [3.8, 4) is 0 Å². The molecule has 0 aromatic heterocycles. The molecule has 1 heterocycles. The van der Waals surface area contributed by atoms with Crippen molar-refractivity contribution in [2.24, 2.45) is 0 Å². The predicted octanol–water partition coefficient (Wildman–Crippen LogP) is 0.705. The Morgan fingerprint density at radius 3 is 2.69 bits per heavy atom. The van der Waals surface area contributed by atoms with Crippen molar-refractivity contribution in [1.29, 1.82) is 0 Å². The van der Waals surface area contributed by atoms with Gasteiger partial charge in [-0.3, -0.25) is 4.90 Å². The largest absolute Gasteiger partial charge is 0.383 e. The van der Waals surface area contributed by atoms with E-state index in [1.165, 1.54) is 13.0 Å². The monoisotopic (exact) mass is 186 g/mol. The molecule has 1 N–H and O–H groups in total.